The van der Waals surface area contributed by atoms with Gasteiger partial charge >= 0.3 is 0 Å². The van der Waals surface area contributed by atoms with Crippen LogP contribution in [0, 0.1) is 0 Å². The summed E-state index contributed by atoms with van der Waals surface area (Å²) in [5, 5.41) is 2.67. The summed E-state index contributed by atoms with van der Waals surface area (Å²) in [5.74, 6) is 1.52. The molecule has 0 radical (unpaired) electrons. The number of hydrogen-bond donors (Lipinski definition) is 1. The van der Waals surface area contributed by atoms with Crippen molar-refractivity contribution >= 4 is 17.5 Å². The van der Waals surface area contributed by atoms with Crippen molar-refractivity contribution in [2.45, 2.75) is 0 Å². The maximum Gasteiger partial charge on any atom is 0.251 e. The zero-order chi connectivity index (χ0) is 10.7. The van der Waals surface area contributed by atoms with Crippen molar-refractivity contribution in [3.63, 3.8) is 0 Å². The molecule has 1 aromatic rings. The monoisotopic (exact) mass is 227 g/mol. The van der Waals surface area contributed by atoms with Crippen molar-refractivity contribution in [2.75, 3.05) is 19.2 Å². The molecular weight excluding hydrogens is 218 g/mol. The van der Waals surface area contributed by atoms with Gasteiger partial charge in [-0.15, -0.1) is 11.6 Å². The van der Waals surface area contributed by atoms with Crippen LogP contribution in [0.4, 0.5) is 0 Å². The van der Waals surface area contributed by atoms with Crippen molar-refractivity contribution in [2.24, 2.45) is 0 Å². The highest BCUT2D eigenvalue weighted by Crippen LogP contribution is 2.32. The van der Waals surface area contributed by atoms with Gasteiger partial charge in [-0.1, -0.05) is 0 Å². The Morgan fingerprint density at radius 2 is 2.20 bits per heavy atom. The molecule has 0 aromatic heterocycles. The number of benzene rings is 1. The Bertz CT molecular complexity index is 381. The van der Waals surface area contributed by atoms with Gasteiger partial charge < -0.3 is 14.8 Å². The molecule has 80 valence electrons. The molecule has 2 rings (SSSR count). The van der Waals surface area contributed by atoms with E-state index in [-0.39, 0.29) is 12.7 Å². The molecule has 0 spiro atoms. The fourth-order valence-electron chi connectivity index (χ4n) is 1.30. The quantitative estimate of drug-likeness (QED) is 0.794. The van der Waals surface area contributed by atoms with Gasteiger partial charge in [0.05, 0.1) is 0 Å². The zero-order valence-corrected chi connectivity index (χ0v) is 8.71. The van der Waals surface area contributed by atoms with Crippen molar-refractivity contribution in [1.82, 2.24) is 5.32 Å². The lowest BCUT2D eigenvalue weighted by atomic mass is 10.2. The van der Waals surface area contributed by atoms with Crippen LogP contribution in [0.5, 0.6) is 11.5 Å². The number of hydrogen-bond acceptors (Lipinski definition) is 3. The standard InChI is InChI=1S/C10H10ClNO3/c11-3-4-12-10(13)7-1-2-8-9(5-7)15-6-14-8/h1-2,5H,3-4,6H2,(H,12,13). The smallest absolute Gasteiger partial charge is 0.251 e. The highest BCUT2D eigenvalue weighted by atomic mass is 35.5. The van der Waals surface area contributed by atoms with Gasteiger partial charge in [-0.2, -0.15) is 0 Å². The minimum Gasteiger partial charge on any atom is -0.454 e. The fourth-order valence-corrected chi connectivity index (χ4v) is 1.40. The third kappa shape index (κ3) is 2.15. The molecule has 0 saturated heterocycles. The maximum atomic E-state index is 11.5. The molecule has 15 heavy (non-hydrogen) atoms. The Labute approximate surface area is 92.1 Å². The second kappa shape index (κ2) is 4.40. The molecule has 0 bridgehead atoms. The largest absolute Gasteiger partial charge is 0.454 e. The van der Waals surface area contributed by atoms with Gasteiger partial charge in [0.15, 0.2) is 11.5 Å². The van der Waals surface area contributed by atoms with Crippen molar-refractivity contribution < 1.29 is 14.3 Å². The van der Waals surface area contributed by atoms with Crippen LogP contribution in [0.3, 0.4) is 0 Å². The Kier molecular flexibility index (Phi) is 2.97. The molecule has 1 aliphatic heterocycles. The van der Waals surface area contributed by atoms with Crippen LogP contribution in [-0.2, 0) is 0 Å². The average Bonchev–Trinajstić information content (AvgIpc) is 2.72. The highest BCUT2D eigenvalue weighted by molar-refractivity contribution is 6.18. The molecule has 1 aliphatic rings. The van der Waals surface area contributed by atoms with Crippen LogP contribution < -0.4 is 14.8 Å². The van der Waals surface area contributed by atoms with E-state index in [1.807, 2.05) is 0 Å². The summed E-state index contributed by atoms with van der Waals surface area (Å²) >= 11 is 5.47. The number of nitrogens with one attached hydrogen (secondary N) is 1. The third-order valence-corrected chi connectivity index (χ3v) is 2.20. The Balaban J connectivity index is 2.12. The molecule has 0 unspecified atom stereocenters. The van der Waals surface area contributed by atoms with Gasteiger partial charge in [-0.05, 0) is 18.2 Å². The maximum absolute atomic E-state index is 11.5. The molecule has 4 nitrogen and oxygen atoms in total. The molecule has 0 atom stereocenters. The van der Waals surface area contributed by atoms with Gasteiger partial charge in [0.2, 0.25) is 6.79 Å². The summed E-state index contributed by atoms with van der Waals surface area (Å²) in [5.41, 5.74) is 0.546. The van der Waals surface area contributed by atoms with Crippen molar-refractivity contribution in [3.05, 3.63) is 23.8 Å². The van der Waals surface area contributed by atoms with Gasteiger partial charge in [-0.3, -0.25) is 4.79 Å². The summed E-state index contributed by atoms with van der Waals surface area (Å²) in [6.07, 6.45) is 0. The number of carbonyl (C=O) groups excluding carboxylic acids is 1. The molecule has 5 heteroatoms. The predicted molar refractivity (Wildman–Crippen MR) is 55.6 cm³/mol. The van der Waals surface area contributed by atoms with Gasteiger partial charge in [-0.25, -0.2) is 0 Å². The van der Waals surface area contributed by atoms with Crippen LogP contribution in [-0.4, -0.2) is 25.1 Å². The number of alkyl halides is 1. The molecule has 0 fully saturated rings. The second-order valence-corrected chi connectivity index (χ2v) is 3.39. The lowest BCUT2D eigenvalue weighted by Crippen LogP contribution is -2.25. The molecule has 0 saturated carbocycles. The first-order chi connectivity index (χ1) is 7.31. The van der Waals surface area contributed by atoms with Crippen LogP contribution in [0.25, 0.3) is 0 Å². The summed E-state index contributed by atoms with van der Waals surface area (Å²) in [6.45, 7) is 0.664. The minimum absolute atomic E-state index is 0.158. The molecular formula is C10H10ClNO3. The summed E-state index contributed by atoms with van der Waals surface area (Å²) in [6, 6.07) is 5.07. The van der Waals surface area contributed by atoms with E-state index < -0.39 is 0 Å². The first-order valence-electron chi connectivity index (χ1n) is 4.55. The van der Waals surface area contributed by atoms with Crippen LogP contribution in [0.15, 0.2) is 18.2 Å². The van der Waals surface area contributed by atoms with Gasteiger partial charge in [0, 0.05) is 18.0 Å². The summed E-state index contributed by atoms with van der Waals surface area (Å²) < 4.78 is 10.3. The summed E-state index contributed by atoms with van der Waals surface area (Å²) in [7, 11) is 0. The number of ether oxygens (including phenoxy) is 2. The van der Waals surface area contributed by atoms with Crippen LogP contribution >= 0.6 is 11.6 Å². The van der Waals surface area contributed by atoms with Gasteiger partial charge in [0.25, 0.3) is 5.91 Å². The highest BCUT2D eigenvalue weighted by Gasteiger charge is 2.15. The van der Waals surface area contributed by atoms with Crippen LogP contribution in [0.2, 0.25) is 0 Å². The van der Waals surface area contributed by atoms with Crippen molar-refractivity contribution in [1.29, 1.82) is 0 Å². The molecule has 0 aliphatic carbocycles. The minimum atomic E-state index is -0.158. The number of fused-ring (bicyclic) bond motifs is 1. The van der Waals surface area contributed by atoms with E-state index in [2.05, 4.69) is 5.32 Å². The number of amides is 1. The Hall–Kier alpha value is -1.42. The summed E-state index contributed by atoms with van der Waals surface area (Å²) in [4.78, 5) is 11.5. The van der Waals surface area contributed by atoms with E-state index in [1.165, 1.54) is 0 Å². The predicted octanol–water partition coefficient (Wildman–Crippen LogP) is 1.38. The van der Waals surface area contributed by atoms with E-state index in [0.29, 0.717) is 29.5 Å². The Morgan fingerprint density at radius 1 is 1.40 bits per heavy atom. The lowest BCUT2D eigenvalue weighted by molar-refractivity contribution is 0.0955. The average molecular weight is 228 g/mol. The molecule has 1 amide bonds. The number of rotatable bonds is 3. The van der Waals surface area contributed by atoms with Crippen molar-refractivity contribution in [3.8, 4) is 11.5 Å². The zero-order valence-electron chi connectivity index (χ0n) is 7.96. The van der Waals surface area contributed by atoms with E-state index in [9.17, 15) is 4.79 Å². The lowest BCUT2D eigenvalue weighted by Gasteiger charge is -2.03. The normalized spacial score (nSPS) is 12.6. The van der Waals surface area contributed by atoms with Gasteiger partial charge in [0.1, 0.15) is 0 Å². The Morgan fingerprint density at radius 3 is 3.00 bits per heavy atom. The first-order valence-corrected chi connectivity index (χ1v) is 5.08. The SMILES string of the molecule is O=C(NCCCl)c1ccc2c(c1)OCO2. The van der Waals surface area contributed by atoms with E-state index in [4.69, 9.17) is 21.1 Å². The molecule has 1 heterocycles. The van der Waals surface area contributed by atoms with Crippen LogP contribution in [0.1, 0.15) is 10.4 Å². The van der Waals surface area contributed by atoms with E-state index >= 15 is 0 Å². The number of carbonyl (C=O) groups is 1. The molecule has 1 aromatic carbocycles. The second-order valence-electron chi connectivity index (χ2n) is 3.01. The molecule has 1 N–H and O–H groups in total. The first kappa shape index (κ1) is 10.1. The number of halogens is 1. The van der Waals surface area contributed by atoms with E-state index in [1.54, 1.807) is 18.2 Å². The third-order valence-electron chi connectivity index (χ3n) is 2.01. The fraction of sp³-hybridized carbons (Fsp3) is 0.300. The topological polar surface area (TPSA) is 47.6 Å². The van der Waals surface area contributed by atoms with E-state index in [0.717, 1.165) is 0 Å².